The lowest BCUT2D eigenvalue weighted by atomic mass is 9.97. The number of rotatable bonds is 7. The van der Waals surface area contributed by atoms with Crippen molar-refractivity contribution in [1.29, 1.82) is 0 Å². The zero-order valence-electron chi connectivity index (χ0n) is 17.6. The van der Waals surface area contributed by atoms with Gasteiger partial charge in [-0.05, 0) is 25.7 Å². The Balaban J connectivity index is 2.17. The molecule has 10 nitrogen and oxygen atoms in total. The molecule has 0 radical (unpaired) electrons. The first kappa shape index (κ1) is 23.4. The summed E-state index contributed by atoms with van der Waals surface area (Å²) in [6.45, 7) is 5.09. The van der Waals surface area contributed by atoms with Crippen LogP contribution < -0.4 is 14.8 Å². The van der Waals surface area contributed by atoms with E-state index in [-0.39, 0.29) is 35.8 Å². The zero-order valence-corrected chi connectivity index (χ0v) is 17.6. The molecule has 1 aromatic heterocycles. The monoisotopic (exact) mass is 424 g/mol. The van der Waals surface area contributed by atoms with E-state index in [0.717, 1.165) is 12.8 Å². The number of cyclic esters (lactones) is 1. The molecule has 1 amide bonds. The number of ether oxygens (including phenoxy) is 5. The third-order valence-corrected chi connectivity index (χ3v) is 4.77. The number of nitrogens with zero attached hydrogens (tertiary/aromatic N) is 1. The lowest BCUT2D eigenvalue weighted by Crippen LogP contribution is -2.46. The number of pyridine rings is 1. The summed E-state index contributed by atoms with van der Waals surface area (Å²) in [4.78, 5) is 40.4. The first-order chi connectivity index (χ1) is 14.4. The van der Waals surface area contributed by atoms with Gasteiger partial charge in [0.25, 0.3) is 5.91 Å². The Bertz CT molecular complexity index is 754. The van der Waals surface area contributed by atoms with Crippen LogP contribution in [0.15, 0.2) is 12.3 Å². The normalized spacial score (nSPS) is 22.0. The van der Waals surface area contributed by atoms with Crippen LogP contribution in [-0.2, 0) is 23.8 Å². The Kier molecular flexibility index (Phi) is 8.85. The van der Waals surface area contributed by atoms with E-state index in [9.17, 15) is 14.4 Å². The van der Waals surface area contributed by atoms with Crippen molar-refractivity contribution in [2.45, 2.75) is 45.8 Å². The molecule has 2 rings (SSSR count). The van der Waals surface area contributed by atoms with Crippen molar-refractivity contribution in [2.75, 3.05) is 27.1 Å². The molecule has 1 aliphatic rings. The van der Waals surface area contributed by atoms with E-state index in [1.807, 2.05) is 13.8 Å². The van der Waals surface area contributed by atoms with Gasteiger partial charge in [-0.1, -0.05) is 6.92 Å². The third kappa shape index (κ3) is 6.31. The summed E-state index contributed by atoms with van der Waals surface area (Å²) in [6.07, 6.45) is 2.68. The molecule has 1 aromatic rings. The van der Waals surface area contributed by atoms with Crippen LogP contribution in [0.25, 0.3) is 0 Å². The molecule has 0 unspecified atom stereocenters. The van der Waals surface area contributed by atoms with Gasteiger partial charge in [0.15, 0.2) is 23.2 Å². The molecule has 0 aliphatic carbocycles. The van der Waals surface area contributed by atoms with Crippen LogP contribution in [-0.4, -0.2) is 62.1 Å². The molecule has 1 saturated heterocycles. The maximum atomic E-state index is 12.9. The second-order valence-corrected chi connectivity index (χ2v) is 6.79. The van der Waals surface area contributed by atoms with E-state index in [0.29, 0.717) is 6.61 Å². The van der Waals surface area contributed by atoms with Gasteiger partial charge in [0.2, 0.25) is 6.79 Å². The second-order valence-electron chi connectivity index (χ2n) is 6.79. The minimum absolute atomic E-state index is 0.0180. The SMILES string of the molecule is CC[C@@H]1CCOC[C@H](NC(=O)c2nccc(OC)c2OCOC(C)=O)C(=O)O[C@H]1C. The summed E-state index contributed by atoms with van der Waals surface area (Å²) in [5.74, 6) is -1.43. The minimum Gasteiger partial charge on any atom is -0.493 e. The molecule has 0 aromatic carbocycles. The van der Waals surface area contributed by atoms with E-state index < -0.39 is 30.7 Å². The smallest absolute Gasteiger partial charge is 0.331 e. The molecule has 3 atom stereocenters. The van der Waals surface area contributed by atoms with Crippen molar-refractivity contribution < 1.29 is 38.1 Å². The standard InChI is InChI=1S/C20H28N2O8/c1-5-14-7-9-27-10-15(20(25)30-12(14)2)22-19(24)17-18(29-11-28-13(3)23)16(26-4)6-8-21-17/h6,8,12,14-15H,5,7,9-11H2,1-4H3,(H,22,24)/t12-,14+,15-/m0/s1. The molecule has 1 N–H and O–H groups in total. The maximum absolute atomic E-state index is 12.9. The topological polar surface area (TPSA) is 122 Å². The van der Waals surface area contributed by atoms with Crippen LogP contribution in [0.2, 0.25) is 0 Å². The molecular weight excluding hydrogens is 396 g/mol. The van der Waals surface area contributed by atoms with E-state index >= 15 is 0 Å². The number of methoxy groups -OCH3 is 1. The fourth-order valence-electron chi connectivity index (χ4n) is 3.03. The Labute approximate surface area is 175 Å². The highest BCUT2D eigenvalue weighted by atomic mass is 16.7. The predicted molar refractivity (Wildman–Crippen MR) is 104 cm³/mol. The highest BCUT2D eigenvalue weighted by Gasteiger charge is 2.30. The van der Waals surface area contributed by atoms with Gasteiger partial charge in [-0.15, -0.1) is 0 Å². The Morgan fingerprint density at radius 1 is 1.37 bits per heavy atom. The van der Waals surface area contributed by atoms with Gasteiger partial charge in [-0.2, -0.15) is 0 Å². The highest BCUT2D eigenvalue weighted by molar-refractivity contribution is 5.98. The number of aromatic nitrogens is 1. The van der Waals surface area contributed by atoms with Crippen LogP contribution in [0.3, 0.4) is 0 Å². The number of carbonyl (C=O) groups excluding carboxylic acids is 3. The van der Waals surface area contributed by atoms with Gasteiger partial charge in [-0.25, -0.2) is 9.78 Å². The summed E-state index contributed by atoms with van der Waals surface area (Å²) in [5.41, 5.74) is -0.131. The van der Waals surface area contributed by atoms with Crippen molar-refractivity contribution >= 4 is 17.8 Å². The lowest BCUT2D eigenvalue weighted by Gasteiger charge is -2.23. The average Bonchev–Trinajstić information content (AvgIpc) is 2.77. The molecular formula is C20H28N2O8. The van der Waals surface area contributed by atoms with Gasteiger partial charge in [0.05, 0.1) is 13.7 Å². The quantitative estimate of drug-likeness (QED) is 0.512. The first-order valence-electron chi connectivity index (χ1n) is 9.75. The minimum atomic E-state index is -1.01. The molecule has 30 heavy (non-hydrogen) atoms. The van der Waals surface area contributed by atoms with Gasteiger partial charge in [0, 0.05) is 25.8 Å². The number of amides is 1. The van der Waals surface area contributed by atoms with Crippen molar-refractivity contribution in [3.63, 3.8) is 0 Å². The highest BCUT2D eigenvalue weighted by Crippen LogP contribution is 2.29. The van der Waals surface area contributed by atoms with E-state index in [1.54, 1.807) is 0 Å². The zero-order chi connectivity index (χ0) is 22.1. The van der Waals surface area contributed by atoms with E-state index in [1.165, 1.54) is 26.3 Å². The molecule has 0 saturated carbocycles. The number of nitrogens with one attached hydrogen (secondary N) is 1. The van der Waals surface area contributed by atoms with Crippen molar-refractivity contribution in [3.05, 3.63) is 18.0 Å². The van der Waals surface area contributed by atoms with E-state index in [2.05, 4.69) is 10.3 Å². The molecule has 0 bridgehead atoms. The summed E-state index contributed by atoms with van der Waals surface area (Å²) < 4.78 is 26.4. The van der Waals surface area contributed by atoms with E-state index in [4.69, 9.17) is 23.7 Å². The lowest BCUT2D eigenvalue weighted by molar-refractivity contribution is -0.153. The van der Waals surface area contributed by atoms with Crippen LogP contribution in [0, 0.1) is 5.92 Å². The van der Waals surface area contributed by atoms with Gasteiger partial charge >= 0.3 is 11.9 Å². The molecule has 2 heterocycles. The number of hydrogen-bond donors (Lipinski definition) is 1. The van der Waals surface area contributed by atoms with Gasteiger partial charge < -0.3 is 29.0 Å². The Morgan fingerprint density at radius 3 is 2.80 bits per heavy atom. The Hall–Kier alpha value is -2.88. The summed E-state index contributed by atoms with van der Waals surface area (Å²) in [6, 6.07) is 0.481. The van der Waals surface area contributed by atoms with Crippen molar-refractivity contribution in [1.82, 2.24) is 10.3 Å². The molecule has 1 aliphatic heterocycles. The van der Waals surface area contributed by atoms with Gasteiger partial charge in [-0.3, -0.25) is 9.59 Å². The first-order valence-corrected chi connectivity index (χ1v) is 9.75. The predicted octanol–water partition coefficient (Wildman–Crippen LogP) is 1.47. The molecule has 1 fully saturated rings. The fraction of sp³-hybridized carbons (Fsp3) is 0.600. The Morgan fingerprint density at radius 2 is 2.13 bits per heavy atom. The van der Waals surface area contributed by atoms with Crippen LogP contribution in [0.4, 0.5) is 0 Å². The third-order valence-electron chi connectivity index (χ3n) is 4.77. The molecule has 10 heteroatoms. The largest absolute Gasteiger partial charge is 0.493 e. The molecule has 0 spiro atoms. The maximum Gasteiger partial charge on any atom is 0.331 e. The van der Waals surface area contributed by atoms with Crippen molar-refractivity contribution in [3.8, 4) is 11.5 Å². The van der Waals surface area contributed by atoms with Crippen LogP contribution >= 0.6 is 0 Å². The van der Waals surface area contributed by atoms with Crippen molar-refractivity contribution in [2.24, 2.45) is 5.92 Å². The summed E-state index contributed by atoms with van der Waals surface area (Å²) in [5, 5.41) is 2.58. The van der Waals surface area contributed by atoms with Crippen LogP contribution in [0.5, 0.6) is 11.5 Å². The second kappa shape index (κ2) is 11.3. The average molecular weight is 424 g/mol. The summed E-state index contributed by atoms with van der Waals surface area (Å²) >= 11 is 0. The number of carbonyl (C=O) groups is 3. The summed E-state index contributed by atoms with van der Waals surface area (Å²) in [7, 11) is 1.39. The fourth-order valence-corrected chi connectivity index (χ4v) is 3.03. The molecule has 166 valence electrons. The number of hydrogen-bond acceptors (Lipinski definition) is 9. The van der Waals surface area contributed by atoms with Crippen LogP contribution in [0.1, 0.15) is 44.1 Å². The number of esters is 2. The van der Waals surface area contributed by atoms with Gasteiger partial charge in [0.1, 0.15) is 6.10 Å².